The van der Waals surface area contributed by atoms with Crippen molar-refractivity contribution in [1.82, 2.24) is 10.6 Å². The topological polar surface area (TPSA) is 513 Å². The largest absolute Gasteiger partial charge is 0.726 e. The van der Waals surface area contributed by atoms with E-state index in [1.807, 2.05) is 5.32 Å². The van der Waals surface area contributed by atoms with Crippen molar-refractivity contribution in [3.63, 3.8) is 0 Å². The van der Waals surface area contributed by atoms with Gasteiger partial charge in [-0.3, -0.25) is 22.1 Å². The molecule has 0 aromatic rings. The van der Waals surface area contributed by atoms with E-state index in [-0.39, 0.29) is 6.61 Å². The highest BCUT2D eigenvalue weighted by molar-refractivity contribution is 7.81. The van der Waals surface area contributed by atoms with Crippen LogP contribution in [0.2, 0.25) is 0 Å². The molecule has 0 spiro atoms. The van der Waals surface area contributed by atoms with Gasteiger partial charge in [0.2, 0.25) is 43.0 Å². The maximum absolute atomic E-state index is 12.7. The number of aliphatic hydroxyl groups excluding tert-OH is 5. The van der Waals surface area contributed by atoms with Gasteiger partial charge in [0, 0.05) is 19.8 Å². The highest BCUT2D eigenvalue weighted by atomic mass is 32.3. The molecule has 4 heterocycles. The lowest BCUT2D eigenvalue weighted by molar-refractivity contribution is -0.384. The van der Waals surface area contributed by atoms with Crippen LogP contribution in [-0.2, 0) is 101 Å². The maximum atomic E-state index is 12.7. The third-order valence-corrected chi connectivity index (χ3v) is 11.6. The summed E-state index contributed by atoms with van der Waals surface area (Å²) in [5, 5.41) is 83.1. The van der Waals surface area contributed by atoms with Gasteiger partial charge in [0.15, 0.2) is 25.2 Å². The lowest BCUT2D eigenvalue weighted by Gasteiger charge is -2.51. The van der Waals surface area contributed by atoms with E-state index in [0.717, 1.165) is 13.8 Å². The third-order valence-electron chi connectivity index (χ3n) is 10.3. The number of amides is 2. The quantitative estimate of drug-likeness (QED) is 0.0319. The number of carbonyl (C=O) groups is 4. The van der Waals surface area contributed by atoms with E-state index in [4.69, 9.17) is 37.9 Å². The fourth-order valence-corrected chi connectivity index (χ4v) is 8.44. The highest BCUT2D eigenvalue weighted by Crippen LogP contribution is 2.37. The minimum absolute atomic E-state index is 0.296. The van der Waals surface area contributed by atoms with Crippen LogP contribution in [0.3, 0.4) is 0 Å². The van der Waals surface area contributed by atoms with Gasteiger partial charge in [-0.05, 0) is 0 Å². The molecule has 4 fully saturated rings. The summed E-state index contributed by atoms with van der Waals surface area (Å²) < 4.78 is 162. The van der Waals surface area contributed by atoms with E-state index >= 15 is 0 Å². The summed E-state index contributed by atoms with van der Waals surface area (Å²) in [6, 6.07) is -3.80. The first-order valence-electron chi connectivity index (χ1n) is 19.4. The SMILES string of the molecule is C=CCO[C@@H]1OC(COS(=O)(=O)[O-])[C@H](C)[C@H](O[C@@H]2OC(C(=O)[O-])[C@@H](O[C@@H]3OC(COS(=O)(=O)[O-])[C@H](OS(=O)(=O)[O-])[C@H](O[C@@H]4OC(C(=O)[O-])C(O)[C@H](O)C4O)C3NC(C)=O)[C@H](O)C2O)C1NC(C)=O. The molecule has 2 amide bonds. The third kappa shape index (κ3) is 15.1. The smallest absolute Gasteiger partial charge is 0.218 e. The Labute approximate surface area is 384 Å². The van der Waals surface area contributed by atoms with Crippen molar-refractivity contribution in [2.75, 3.05) is 19.8 Å². The van der Waals surface area contributed by atoms with Crippen molar-refractivity contribution in [3.05, 3.63) is 12.7 Å². The fraction of sp³-hybridized carbons (Fsp3) is 0.812. The Balaban J connectivity index is 1.78. The molecule has 9 unspecified atom stereocenters. The van der Waals surface area contributed by atoms with Gasteiger partial charge >= 0.3 is 0 Å². The second kappa shape index (κ2) is 23.3. The predicted molar refractivity (Wildman–Crippen MR) is 196 cm³/mol. The van der Waals surface area contributed by atoms with Gasteiger partial charge in [0.25, 0.3) is 0 Å². The van der Waals surface area contributed by atoms with Gasteiger partial charge < -0.3 is 108 Å². The molecule has 0 saturated carbocycles. The molecule has 36 heteroatoms. The van der Waals surface area contributed by atoms with Crippen LogP contribution in [0.15, 0.2) is 12.7 Å². The number of rotatable bonds is 21. The van der Waals surface area contributed by atoms with E-state index in [1.54, 1.807) is 0 Å². The summed E-state index contributed by atoms with van der Waals surface area (Å²) in [5.41, 5.74) is 0. The van der Waals surface area contributed by atoms with Crippen LogP contribution in [0.4, 0.5) is 0 Å². The Hall–Kier alpha value is -3.29. The Bertz CT molecular complexity index is 2130. The molecule has 4 rings (SSSR count). The van der Waals surface area contributed by atoms with Gasteiger partial charge in [0.1, 0.15) is 79.2 Å². The van der Waals surface area contributed by atoms with Crippen molar-refractivity contribution in [1.29, 1.82) is 0 Å². The van der Waals surface area contributed by atoms with Gasteiger partial charge in [-0.2, -0.15) is 0 Å². The number of carbonyl (C=O) groups excluding carboxylic acids is 4. The average Bonchev–Trinajstić information content (AvgIpc) is 3.20. The molecule has 20 atom stereocenters. The molecule has 4 aliphatic heterocycles. The zero-order valence-electron chi connectivity index (χ0n) is 35.0. The summed E-state index contributed by atoms with van der Waals surface area (Å²) in [5.74, 6) is -7.72. The molecular weight excluding hydrogens is 1000 g/mol. The number of nitrogens with one attached hydrogen (secondary N) is 2. The van der Waals surface area contributed by atoms with Crippen LogP contribution in [0.25, 0.3) is 0 Å². The van der Waals surface area contributed by atoms with Gasteiger partial charge in [-0.25, -0.2) is 25.3 Å². The minimum atomic E-state index is -6.06. The molecular formula is C32H45N2O31S3-5. The van der Waals surface area contributed by atoms with E-state index in [9.17, 15) is 93.8 Å². The van der Waals surface area contributed by atoms with Crippen LogP contribution in [0.1, 0.15) is 20.8 Å². The van der Waals surface area contributed by atoms with Crippen molar-refractivity contribution in [2.45, 2.75) is 137 Å². The molecule has 0 bridgehead atoms. The van der Waals surface area contributed by atoms with Gasteiger partial charge in [-0.1, -0.05) is 13.0 Å². The standard InChI is InChI=1S/C32H50N2O31S3/c1-5-6-55-29-14(33-10(3)35)21(9(2)12(58-29)7-56-66(46,47)48)60-32-20(41)18(39)24(26(64-32)28(44)45)62-30-15(34-11(4)36)23(61-31-19(40)16(37)17(38)25(63-31)27(42)43)22(65-68(52,53)54)13(59-30)8-57-67(49,50)51/h5,9,12-26,29-32,37-41H,1,6-8H2,2-4H3,(H,33,35)(H,34,36)(H,42,43)(H,44,45)(H,46,47,48)(H,49,50,51)(H,52,53,54)/p-5/t9-,12?,13?,14?,15?,16-,17?,18+,19?,20?,21-,22-,23+,24-,25?,26?,29+,30-,31+,32+/m0/s1. The van der Waals surface area contributed by atoms with Crippen LogP contribution in [0.5, 0.6) is 0 Å². The lowest BCUT2D eigenvalue weighted by atomic mass is 9.88. The minimum Gasteiger partial charge on any atom is -0.726 e. The summed E-state index contributed by atoms with van der Waals surface area (Å²) >= 11 is 0. The average molecular weight is 1050 g/mol. The van der Waals surface area contributed by atoms with E-state index in [1.165, 1.54) is 13.0 Å². The highest BCUT2D eigenvalue weighted by Gasteiger charge is 2.57. The molecule has 0 aliphatic carbocycles. The van der Waals surface area contributed by atoms with Crippen LogP contribution in [-0.4, -0.2) is 225 Å². The number of ether oxygens (including phenoxy) is 8. The van der Waals surface area contributed by atoms with Gasteiger partial charge in [-0.15, -0.1) is 6.58 Å². The number of hydrogen-bond acceptors (Lipinski definition) is 31. The predicted octanol–water partition coefficient (Wildman–Crippen LogP) is -11.0. The first-order valence-corrected chi connectivity index (χ1v) is 23.4. The Morgan fingerprint density at radius 1 is 0.588 bits per heavy atom. The Kier molecular flexibility index (Phi) is 19.6. The summed E-state index contributed by atoms with van der Waals surface area (Å²) in [7, 11) is -17.2. The number of aliphatic carboxylic acids is 2. The molecule has 33 nitrogen and oxygen atoms in total. The number of carboxylic acids is 2. The summed E-state index contributed by atoms with van der Waals surface area (Å²) in [6.07, 6.45) is -39.0. The van der Waals surface area contributed by atoms with E-state index in [0.29, 0.717) is 0 Å². The molecule has 392 valence electrons. The maximum Gasteiger partial charge on any atom is 0.218 e. The molecule has 4 aliphatic rings. The lowest BCUT2D eigenvalue weighted by Crippen LogP contribution is -2.71. The van der Waals surface area contributed by atoms with Gasteiger partial charge in [0.05, 0.1) is 44.0 Å². The number of aliphatic hydroxyl groups is 5. The van der Waals surface area contributed by atoms with Crippen molar-refractivity contribution < 1.29 is 144 Å². The van der Waals surface area contributed by atoms with E-state index in [2.05, 4.69) is 24.4 Å². The second-order valence-electron chi connectivity index (χ2n) is 15.1. The zero-order valence-corrected chi connectivity index (χ0v) is 37.5. The van der Waals surface area contributed by atoms with Crippen molar-refractivity contribution >= 4 is 54.9 Å². The molecule has 0 aromatic heterocycles. The van der Waals surface area contributed by atoms with Crippen LogP contribution >= 0.6 is 0 Å². The summed E-state index contributed by atoms with van der Waals surface area (Å²) in [6.45, 7) is 3.56. The van der Waals surface area contributed by atoms with Crippen molar-refractivity contribution in [2.24, 2.45) is 5.92 Å². The molecule has 7 N–H and O–H groups in total. The van der Waals surface area contributed by atoms with E-state index < -0.39 is 191 Å². The Morgan fingerprint density at radius 2 is 1.04 bits per heavy atom. The molecule has 68 heavy (non-hydrogen) atoms. The Morgan fingerprint density at radius 3 is 1.53 bits per heavy atom. The first kappa shape index (κ1) is 57.3. The molecule has 0 radical (unpaired) electrons. The van der Waals surface area contributed by atoms with Crippen molar-refractivity contribution in [3.8, 4) is 0 Å². The number of hydrogen-bond donors (Lipinski definition) is 7. The fourth-order valence-electron chi connectivity index (χ4n) is 7.33. The molecule has 0 aromatic carbocycles. The normalized spacial score (nSPS) is 39.3. The summed E-state index contributed by atoms with van der Waals surface area (Å²) in [4.78, 5) is 49.4. The molecule has 4 saturated heterocycles. The monoisotopic (exact) mass is 1050 g/mol. The number of carboxylic acid groups (broad SMARTS) is 2. The van der Waals surface area contributed by atoms with Crippen LogP contribution in [0, 0.1) is 5.92 Å². The zero-order chi connectivity index (χ0) is 51.4. The second-order valence-corrected chi connectivity index (χ2v) is 18.2. The first-order chi connectivity index (χ1) is 31.3. The van der Waals surface area contributed by atoms with Crippen LogP contribution < -0.4 is 20.8 Å².